The van der Waals surface area contributed by atoms with Crippen molar-refractivity contribution in [1.82, 2.24) is 10.2 Å². The number of amides is 2. The van der Waals surface area contributed by atoms with Gasteiger partial charge in [-0.1, -0.05) is 61.8 Å². The van der Waals surface area contributed by atoms with Crippen LogP contribution < -0.4 is 11.1 Å². The molecule has 0 unspecified atom stereocenters. The highest BCUT2D eigenvalue weighted by Crippen LogP contribution is 2.46. The van der Waals surface area contributed by atoms with Crippen LogP contribution in [0.5, 0.6) is 0 Å². The van der Waals surface area contributed by atoms with Crippen LogP contribution in [0.25, 0.3) is 11.1 Å². The van der Waals surface area contributed by atoms with Crippen LogP contribution >= 0.6 is 11.6 Å². The Kier molecular flexibility index (Phi) is 9.57. The molecule has 2 aliphatic rings. The van der Waals surface area contributed by atoms with Gasteiger partial charge in [-0.05, 0) is 73.6 Å². The number of piperidine rings is 1. The molecule has 1 aliphatic heterocycles. The fourth-order valence-electron chi connectivity index (χ4n) is 6.41. The van der Waals surface area contributed by atoms with Crippen molar-refractivity contribution in [1.29, 1.82) is 0 Å². The lowest BCUT2D eigenvalue weighted by Crippen LogP contribution is -2.49. The molecule has 2 aromatic carbocycles. The molecule has 39 heavy (non-hydrogen) atoms. The first-order valence-corrected chi connectivity index (χ1v) is 14.6. The number of benzene rings is 2. The summed E-state index contributed by atoms with van der Waals surface area (Å²) >= 11 is 6.85. The molecule has 8 heteroatoms. The van der Waals surface area contributed by atoms with Crippen LogP contribution in [0.15, 0.2) is 42.5 Å². The van der Waals surface area contributed by atoms with E-state index >= 15 is 0 Å². The number of rotatable bonds is 9. The largest absolute Gasteiger partial charge is 0.465 e. The number of nitrogens with one attached hydrogen (secondary N) is 1. The van der Waals surface area contributed by atoms with Crippen molar-refractivity contribution in [2.24, 2.45) is 17.6 Å². The van der Waals surface area contributed by atoms with Crippen LogP contribution in [0, 0.1) is 11.8 Å². The minimum absolute atomic E-state index is 0.0490. The van der Waals surface area contributed by atoms with E-state index in [0.717, 1.165) is 48.8 Å². The van der Waals surface area contributed by atoms with Crippen molar-refractivity contribution in [2.75, 3.05) is 19.6 Å². The lowest BCUT2D eigenvalue weighted by molar-refractivity contribution is -0.140. The van der Waals surface area contributed by atoms with E-state index in [4.69, 9.17) is 22.4 Å². The fraction of sp³-hybridized carbons (Fsp3) is 0.548. The Labute approximate surface area is 236 Å². The molecule has 0 aromatic heterocycles. The van der Waals surface area contributed by atoms with E-state index in [2.05, 4.69) is 31.3 Å². The number of likely N-dealkylation sites (tertiary alicyclic amines) is 1. The molecular weight excluding hydrogens is 514 g/mol. The zero-order valence-electron chi connectivity index (χ0n) is 23.0. The van der Waals surface area contributed by atoms with Crippen molar-refractivity contribution in [3.05, 3.63) is 58.6 Å². The molecule has 1 saturated carbocycles. The highest BCUT2D eigenvalue weighted by Gasteiger charge is 2.44. The van der Waals surface area contributed by atoms with Gasteiger partial charge in [0.1, 0.15) is 0 Å². The predicted molar refractivity (Wildman–Crippen MR) is 155 cm³/mol. The molecule has 2 amide bonds. The topological polar surface area (TPSA) is 116 Å². The highest BCUT2D eigenvalue weighted by atomic mass is 35.5. The summed E-state index contributed by atoms with van der Waals surface area (Å²) < 4.78 is 0. The second-order valence-electron chi connectivity index (χ2n) is 11.6. The third-order valence-electron chi connectivity index (χ3n) is 8.56. The molecule has 5 N–H and O–H groups in total. The molecule has 212 valence electrons. The van der Waals surface area contributed by atoms with E-state index in [1.54, 1.807) is 0 Å². The Morgan fingerprint density at radius 2 is 1.95 bits per heavy atom. The van der Waals surface area contributed by atoms with Crippen molar-refractivity contribution in [3.8, 4) is 11.1 Å². The Hall–Kier alpha value is -2.61. The first-order valence-electron chi connectivity index (χ1n) is 14.2. The molecule has 1 heterocycles. The lowest BCUT2D eigenvalue weighted by atomic mass is 9.72. The van der Waals surface area contributed by atoms with Crippen LogP contribution in [0.4, 0.5) is 4.79 Å². The van der Waals surface area contributed by atoms with Crippen molar-refractivity contribution < 1.29 is 19.8 Å². The van der Waals surface area contributed by atoms with Crippen LogP contribution in [-0.4, -0.2) is 52.8 Å². The maximum Gasteiger partial charge on any atom is 0.404 e. The molecule has 2 aromatic rings. The van der Waals surface area contributed by atoms with Gasteiger partial charge in [0.15, 0.2) is 0 Å². The summed E-state index contributed by atoms with van der Waals surface area (Å²) in [4.78, 5) is 26.4. The summed E-state index contributed by atoms with van der Waals surface area (Å²) in [6, 6.07) is 14.0. The summed E-state index contributed by atoms with van der Waals surface area (Å²) in [6.07, 6.45) is 3.66. The standard InChI is InChI=1S/C31H42ClN3O4/c1-20(2)21-7-3-8-22(17-21)28-26(10-4-11-27(28)32)31(39,14-6-15-34-30(37)38)24-9-5-16-35(19-24)29(36)23-12-13-25(33)18-23/h3-4,7-8,10-11,17,20,23-25,34,39H,5-6,9,12-16,18-19,33H2,1-2H3,(H,37,38)/t23-,24-,25+,31+/m1/s1. The van der Waals surface area contributed by atoms with Crippen LogP contribution in [0.2, 0.25) is 5.02 Å². The Balaban J connectivity index is 1.71. The van der Waals surface area contributed by atoms with Crippen molar-refractivity contribution in [2.45, 2.75) is 76.4 Å². The maximum atomic E-state index is 13.4. The quantitative estimate of drug-likeness (QED) is 0.295. The average Bonchev–Trinajstić information content (AvgIpc) is 3.36. The Morgan fingerprint density at radius 1 is 1.18 bits per heavy atom. The van der Waals surface area contributed by atoms with Gasteiger partial charge in [-0.2, -0.15) is 0 Å². The minimum atomic E-state index is -1.31. The molecule has 1 saturated heterocycles. The van der Waals surface area contributed by atoms with E-state index in [9.17, 15) is 14.7 Å². The number of nitrogens with zero attached hydrogens (tertiary/aromatic N) is 1. The first kappa shape index (κ1) is 29.4. The van der Waals surface area contributed by atoms with Gasteiger partial charge in [0.2, 0.25) is 5.91 Å². The Bertz CT molecular complexity index is 1170. The van der Waals surface area contributed by atoms with Gasteiger partial charge in [0, 0.05) is 48.1 Å². The van der Waals surface area contributed by atoms with Crippen molar-refractivity contribution >= 4 is 23.6 Å². The van der Waals surface area contributed by atoms with Gasteiger partial charge in [-0.25, -0.2) is 4.79 Å². The molecule has 2 fully saturated rings. The molecule has 4 rings (SSSR count). The summed E-state index contributed by atoms with van der Waals surface area (Å²) in [5.41, 5.74) is 8.43. The first-order chi connectivity index (χ1) is 18.6. The number of hydrogen-bond donors (Lipinski definition) is 4. The van der Waals surface area contributed by atoms with E-state index in [0.29, 0.717) is 36.9 Å². The lowest BCUT2D eigenvalue weighted by Gasteiger charge is -2.44. The number of carboxylic acid groups (broad SMARTS) is 1. The molecule has 1 aliphatic carbocycles. The van der Waals surface area contributed by atoms with E-state index in [1.165, 1.54) is 5.56 Å². The third-order valence-corrected chi connectivity index (χ3v) is 8.88. The Morgan fingerprint density at radius 3 is 2.64 bits per heavy atom. The molecule has 0 spiro atoms. The molecule has 4 atom stereocenters. The number of carbonyl (C=O) groups is 2. The molecular formula is C31H42ClN3O4. The smallest absolute Gasteiger partial charge is 0.404 e. The summed E-state index contributed by atoms with van der Waals surface area (Å²) in [7, 11) is 0. The van der Waals surface area contributed by atoms with Crippen LogP contribution in [0.1, 0.15) is 75.8 Å². The van der Waals surface area contributed by atoms with Gasteiger partial charge in [-0.3, -0.25) is 4.79 Å². The van der Waals surface area contributed by atoms with E-state index in [-0.39, 0.29) is 30.3 Å². The normalized spacial score (nSPS) is 23.0. The zero-order chi connectivity index (χ0) is 28.2. The average molecular weight is 556 g/mol. The maximum absolute atomic E-state index is 13.4. The van der Waals surface area contributed by atoms with Crippen molar-refractivity contribution in [3.63, 3.8) is 0 Å². The van der Waals surface area contributed by atoms with E-state index < -0.39 is 11.7 Å². The van der Waals surface area contributed by atoms with Gasteiger partial charge in [-0.15, -0.1) is 0 Å². The van der Waals surface area contributed by atoms with Gasteiger partial charge >= 0.3 is 6.09 Å². The number of aliphatic hydroxyl groups is 1. The number of hydrogen-bond acceptors (Lipinski definition) is 4. The SMILES string of the molecule is CC(C)c1cccc(-c2c(Cl)cccc2[C@](O)(CCCNC(=O)O)[C@@H]2CCCN(C(=O)[C@@H]3CC[C@H](N)C3)C2)c1. The number of carbonyl (C=O) groups excluding carboxylic acids is 1. The van der Waals surface area contributed by atoms with Crippen LogP contribution in [0.3, 0.4) is 0 Å². The van der Waals surface area contributed by atoms with Crippen LogP contribution in [-0.2, 0) is 10.4 Å². The summed E-state index contributed by atoms with van der Waals surface area (Å²) in [5.74, 6) is 0.199. The number of nitrogens with two attached hydrogens (primary N) is 1. The second kappa shape index (κ2) is 12.7. The monoisotopic (exact) mass is 555 g/mol. The zero-order valence-corrected chi connectivity index (χ0v) is 23.8. The van der Waals surface area contributed by atoms with Gasteiger partial charge in [0.25, 0.3) is 0 Å². The van der Waals surface area contributed by atoms with E-state index in [1.807, 2.05) is 35.2 Å². The number of halogens is 1. The van der Waals surface area contributed by atoms with Gasteiger partial charge < -0.3 is 26.2 Å². The highest BCUT2D eigenvalue weighted by molar-refractivity contribution is 6.33. The summed E-state index contributed by atoms with van der Waals surface area (Å²) in [5, 5.41) is 24.7. The second-order valence-corrected chi connectivity index (χ2v) is 12.0. The predicted octanol–water partition coefficient (Wildman–Crippen LogP) is 5.73. The molecule has 7 nitrogen and oxygen atoms in total. The molecule has 0 radical (unpaired) electrons. The molecule has 0 bridgehead atoms. The minimum Gasteiger partial charge on any atom is -0.465 e. The fourth-order valence-corrected chi connectivity index (χ4v) is 6.69. The van der Waals surface area contributed by atoms with Gasteiger partial charge in [0.05, 0.1) is 5.60 Å². The summed E-state index contributed by atoms with van der Waals surface area (Å²) in [6.45, 7) is 5.64. The third kappa shape index (κ3) is 6.76.